The van der Waals surface area contributed by atoms with Crippen LogP contribution in [0.1, 0.15) is 50.2 Å². The third-order valence-electron chi connectivity index (χ3n) is 6.44. The predicted molar refractivity (Wildman–Crippen MR) is 122 cm³/mol. The van der Waals surface area contributed by atoms with E-state index in [-0.39, 0.29) is 22.4 Å². The molecule has 1 aliphatic rings. The number of fused-ring (bicyclic) bond motifs is 1. The van der Waals surface area contributed by atoms with Crippen molar-refractivity contribution >= 4 is 16.8 Å². The van der Waals surface area contributed by atoms with Gasteiger partial charge in [0.15, 0.2) is 0 Å². The molecule has 0 bridgehead atoms. The van der Waals surface area contributed by atoms with Crippen molar-refractivity contribution in [1.29, 1.82) is 0 Å². The van der Waals surface area contributed by atoms with Crippen LogP contribution < -0.4 is 0 Å². The van der Waals surface area contributed by atoms with Crippen LogP contribution >= 0.6 is 0 Å². The largest absolute Gasteiger partial charge is 0.271 e. The fourth-order valence-corrected chi connectivity index (χ4v) is 4.48. The summed E-state index contributed by atoms with van der Waals surface area (Å²) in [5.74, 6) is 4.79. The molecule has 0 spiro atoms. The summed E-state index contributed by atoms with van der Waals surface area (Å²) in [6.45, 7) is 2.21. The van der Waals surface area contributed by atoms with E-state index in [0.717, 1.165) is 24.8 Å². The number of benzene rings is 3. The van der Waals surface area contributed by atoms with Gasteiger partial charge in [-0.05, 0) is 66.8 Å². The fourth-order valence-electron chi connectivity index (χ4n) is 4.48. The van der Waals surface area contributed by atoms with Gasteiger partial charge >= 0.3 is 0 Å². The average molecular weight is 454 g/mol. The molecule has 3 aromatic rings. The zero-order valence-electron chi connectivity index (χ0n) is 18.2. The van der Waals surface area contributed by atoms with Crippen molar-refractivity contribution in [2.75, 3.05) is 0 Å². The van der Waals surface area contributed by atoms with Gasteiger partial charge in [-0.2, -0.15) is 8.78 Å². The third kappa shape index (κ3) is 5.11. The minimum atomic E-state index is -2.19. The molecule has 0 amide bonds. The van der Waals surface area contributed by atoms with Crippen molar-refractivity contribution < 1.29 is 22.0 Å². The molecule has 0 radical (unpaired) electrons. The van der Waals surface area contributed by atoms with Crippen LogP contribution in [-0.4, -0.2) is 0 Å². The third-order valence-corrected chi connectivity index (χ3v) is 6.44. The molecule has 0 N–H and O–H groups in total. The summed E-state index contributed by atoms with van der Waals surface area (Å²) in [6.07, 6.45) is 3.70. The minimum Gasteiger partial charge on any atom is -0.206 e. The lowest BCUT2D eigenvalue weighted by atomic mass is 9.81. The van der Waals surface area contributed by atoms with E-state index in [1.54, 1.807) is 12.1 Å². The fraction of sp³-hybridized carbons (Fsp3) is 0.286. The quantitative estimate of drug-likeness (QED) is 0.274. The van der Waals surface area contributed by atoms with E-state index >= 15 is 0 Å². The molecule has 1 fully saturated rings. The number of rotatable bonds is 3. The molecule has 0 unspecified atom stereocenters. The van der Waals surface area contributed by atoms with Crippen LogP contribution in [0.5, 0.6) is 0 Å². The maximum atomic E-state index is 14.9. The first-order valence-corrected chi connectivity index (χ1v) is 11.1. The second kappa shape index (κ2) is 9.79. The standard InChI is InChI=1S/C28H23F5/c1-2-17-3-5-18(6-4-17)7-8-19-9-11-22(25(29)13-19)20-10-12-23-21(14-20)15-26(30)24(28(23)33)16-27(31)32/h9-18H,2-6H2,1H3. The van der Waals surface area contributed by atoms with Crippen molar-refractivity contribution in [3.05, 3.63) is 77.1 Å². The Morgan fingerprint density at radius 3 is 2.36 bits per heavy atom. The monoisotopic (exact) mass is 454 g/mol. The topological polar surface area (TPSA) is 0 Å². The number of hydrogen-bond donors (Lipinski definition) is 0. The van der Waals surface area contributed by atoms with Crippen molar-refractivity contribution in [1.82, 2.24) is 0 Å². The van der Waals surface area contributed by atoms with Crippen LogP contribution in [0.25, 0.3) is 28.0 Å². The summed E-state index contributed by atoms with van der Waals surface area (Å²) in [6, 6.07) is 9.93. The first kappa shape index (κ1) is 23.0. The lowest BCUT2D eigenvalue weighted by Gasteiger charge is -2.24. The Hall–Kier alpha value is -3.13. The van der Waals surface area contributed by atoms with Crippen LogP contribution in [0.2, 0.25) is 0 Å². The molecule has 4 rings (SSSR count). The molecule has 1 saturated carbocycles. The van der Waals surface area contributed by atoms with Crippen molar-refractivity contribution in [3.63, 3.8) is 0 Å². The molecule has 170 valence electrons. The second-order valence-electron chi connectivity index (χ2n) is 8.55. The summed E-state index contributed by atoms with van der Waals surface area (Å²) in [7, 11) is 0. The van der Waals surface area contributed by atoms with Crippen molar-refractivity contribution in [3.8, 4) is 23.0 Å². The summed E-state index contributed by atoms with van der Waals surface area (Å²) >= 11 is 0. The van der Waals surface area contributed by atoms with Gasteiger partial charge < -0.3 is 0 Å². The lowest BCUT2D eigenvalue weighted by Crippen LogP contribution is -2.12. The highest BCUT2D eigenvalue weighted by Crippen LogP contribution is 2.32. The van der Waals surface area contributed by atoms with Crippen LogP contribution in [0.3, 0.4) is 0 Å². The molecule has 0 atom stereocenters. The van der Waals surface area contributed by atoms with E-state index in [1.165, 1.54) is 43.5 Å². The Labute approximate surface area is 190 Å². The highest BCUT2D eigenvalue weighted by molar-refractivity contribution is 5.90. The van der Waals surface area contributed by atoms with Gasteiger partial charge in [-0.25, -0.2) is 13.2 Å². The van der Waals surface area contributed by atoms with Gasteiger partial charge in [0.1, 0.15) is 17.5 Å². The van der Waals surface area contributed by atoms with Crippen LogP contribution in [0.15, 0.2) is 48.5 Å². The molecule has 0 nitrogen and oxygen atoms in total. The highest BCUT2D eigenvalue weighted by atomic mass is 19.3. The van der Waals surface area contributed by atoms with Crippen LogP contribution in [0, 0.1) is 41.1 Å². The molecule has 33 heavy (non-hydrogen) atoms. The van der Waals surface area contributed by atoms with E-state index in [1.807, 2.05) is 0 Å². The maximum absolute atomic E-state index is 14.9. The molecule has 0 aliphatic heterocycles. The molecule has 0 aromatic heterocycles. The SMILES string of the molecule is CCC1CCC(C#Cc2ccc(-c3ccc4c(F)c(C=C(F)F)c(F)cc4c3)c(F)c2)CC1. The molecular weight excluding hydrogens is 431 g/mol. The first-order chi connectivity index (χ1) is 15.9. The lowest BCUT2D eigenvalue weighted by molar-refractivity contribution is 0.309. The summed E-state index contributed by atoms with van der Waals surface area (Å²) < 4.78 is 68.6. The molecule has 3 aromatic carbocycles. The average Bonchev–Trinajstić information content (AvgIpc) is 2.80. The summed E-state index contributed by atoms with van der Waals surface area (Å²) in [5.41, 5.74) is 0.477. The molecule has 0 saturated heterocycles. The van der Waals surface area contributed by atoms with E-state index in [9.17, 15) is 22.0 Å². The van der Waals surface area contributed by atoms with Gasteiger partial charge in [0.2, 0.25) is 0 Å². The Morgan fingerprint density at radius 1 is 0.939 bits per heavy atom. The van der Waals surface area contributed by atoms with Gasteiger partial charge in [-0.1, -0.05) is 43.4 Å². The normalized spacial score (nSPS) is 18.0. The van der Waals surface area contributed by atoms with Crippen LogP contribution in [0.4, 0.5) is 22.0 Å². The van der Waals surface area contributed by atoms with Gasteiger partial charge in [-0.3, -0.25) is 0 Å². The molecular formula is C28H23F5. The second-order valence-corrected chi connectivity index (χ2v) is 8.55. The van der Waals surface area contributed by atoms with Crippen LogP contribution in [-0.2, 0) is 0 Å². The first-order valence-electron chi connectivity index (χ1n) is 11.1. The Bertz CT molecular complexity index is 1270. The number of hydrogen-bond acceptors (Lipinski definition) is 0. The summed E-state index contributed by atoms with van der Waals surface area (Å²) in [5, 5.41) is 0.137. The number of halogens is 5. The van der Waals surface area contributed by atoms with E-state index in [4.69, 9.17) is 0 Å². The maximum Gasteiger partial charge on any atom is 0.271 e. The smallest absolute Gasteiger partial charge is 0.206 e. The molecule has 1 aliphatic carbocycles. The van der Waals surface area contributed by atoms with Crippen molar-refractivity contribution in [2.45, 2.75) is 39.0 Å². The minimum absolute atomic E-state index is 0.0201. The zero-order chi connectivity index (χ0) is 23.5. The van der Waals surface area contributed by atoms with E-state index in [0.29, 0.717) is 17.0 Å². The van der Waals surface area contributed by atoms with Gasteiger partial charge in [0.25, 0.3) is 6.08 Å². The summed E-state index contributed by atoms with van der Waals surface area (Å²) in [4.78, 5) is 0. The van der Waals surface area contributed by atoms with E-state index < -0.39 is 29.1 Å². The molecule has 0 heterocycles. The Kier molecular flexibility index (Phi) is 6.83. The van der Waals surface area contributed by atoms with Crippen molar-refractivity contribution in [2.24, 2.45) is 11.8 Å². The zero-order valence-corrected chi connectivity index (χ0v) is 18.2. The van der Waals surface area contributed by atoms with Gasteiger partial charge in [-0.15, -0.1) is 0 Å². The Balaban J connectivity index is 1.60. The predicted octanol–water partition coefficient (Wildman–Crippen LogP) is 8.73. The Morgan fingerprint density at radius 2 is 1.70 bits per heavy atom. The van der Waals surface area contributed by atoms with Gasteiger partial charge in [0, 0.05) is 28.5 Å². The van der Waals surface area contributed by atoms with E-state index in [2.05, 4.69) is 18.8 Å². The highest BCUT2D eigenvalue weighted by Gasteiger charge is 2.18. The van der Waals surface area contributed by atoms with Gasteiger partial charge in [0.05, 0.1) is 5.56 Å². The molecule has 5 heteroatoms.